The molecule has 0 saturated carbocycles. The van der Waals surface area contributed by atoms with Gasteiger partial charge < -0.3 is 0 Å². The molecule has 1 aliphatic carbocycles. The highest BCUT2D eigenvalue weighted by atomic mass is 35.5. The van der Waals surface area contributed by atoms with Crippen molar-refractivity contribution < 1.29 is 4.79 Å². The van der Waals surface area contributed by atoms with Crippen LogP contribution in [0.2, 0.25) is 10.0 Å². The first-order valence-electron chi connectivity index (χ1n) is 5.03. The van der Waals surface area contributed by atoms with Gasteiger partial charge in [-0.05, 0) is 30.2 Å². The molecule has 0 saturated heterocycles. The zero-order chi connectivity index (χ0) is 11.5. The summed E-state index contributed by atoms with van der Waals surface area (Å²) >= 11 is 11.7. The molecule has 0 amide bonds. The fraction of sp³-hybridized carbons (Fsp3) is 0.154. The van der Waals surface area contributed by atoms with E-state index in [-0.39, 0.29) is 5.78 Å². The van der Waals surface area contributed by atoms with Gasteiger partial charge in [0.25, 0.3) is 0 Å². The molecule has 0 atom stereocenters. The Morgan fingerprint density at radius 3 is 2.69 bits per heavy atom. The van der Waals surface area contributed by atoms with Gasteiger partial charge in [-0.1, -0.05) is 41.4 Å². The molecule has 0 spiro atoms. The second-order valence-corrected chi connectivity index (χ2v) is 4.45. The second kappa shape index (κ2) is 4.86. The monoisotopic (exact) mass is 252 g/mol. The van der Waals surface area contributed by atoms with Gasteiger partial charge in [-0.2, -0.15) is 0 Å². The minimum atomic E-state index is 0.175. The van der Waals surface area contributed by atoms with Gasteiger partial charge in [-0.25, -0.2) is 0 Å². The maximum absolute atomic E-state index is 11.6. The molecule has 3 heteroatoms. The van der Waals surface area contributed by atoms with Crippen LogP contribution in [0, 0.1) is 0 Å². The maximum Gasteiger partial charge on any atom is 0.163 e. The molecule has 0 aromatic heterocycles. The van der Waals surface area contributed by atoms with E-state index in [1.807, 2.05) is 24.3 Å². The number of allylic oxidation sites excluding steroid dienone is 3. The normalized spacial score (nSPS) is 18.1. The molecule has 0 bridgehead atoms. The molecule has 1 aromatic carbocycles. The number of halogens is 2. The lowest BCUT2D eigenvalue weighted by molar-refractivity contribution is -0.115. The van der Waals surface area contributed by atoms with E-state index in [1.54, 1.807) is 12.1 Å². The van der Waals surface area contributed by atoms with Gasteiger partial charge in [0.15, 0.2) is 5.78 Å². The van der Waals surface area contributed by atoms with E-state index in [2.05, 4.69) is 0 Å². The summed E-state index contributed by atoms with van der Waals surface area (Å²) < 4.78 is 0. The van der Waals surface area contributed by atoms with Gasteiger partial charge in [0.2, 0.25) is 0 Å². The number of carbonyl (C=O) groups excluding carboxylic acids is 1. The van der Waals surface area contributed by atoms with Crippen LogP contribution in [0.15, 0.2) is 35.9 Å². The third-order valence-corrected chi connectivity index (χ3v) is 3.16. The molecule has 1 aromatic rings. The SMILES string of the molecule is O=C1CCC=CC1=Cc1ccc(Cl)c(Cl)c1. The Hall–Kier alpha value is -1.05. The Morgan fingerprint density at radius 2 is 2.00 bits per heavy atom. The Balaban J connectivity index is 2.35. The lowest BCUT2D eigenvalue weighted by atomic mass is 9.98. The highest BCUT2D eigenvalue weighted by Gasteiger charge is 2.09. The molecular weight excluding hydrogens is 243 g/mol. The molecule has 82 valence electrons. The standard InChI is InChI=1S/C13H10Cl2O/c14-11-6-5-9(8-12(11)15)7-10-3-1-2-4-13(10)16/h1,3,5-8H,2,4H2. The van der Waals surface area contributed by atoms with Gasteiger partial charge >= 0.3 is 0 Å². The van der Waals surface area contributed by atoms with Crippen molar-refractivity contribution >= 4 is 35.1 Å². The Bertz CT molecular complexity index is 487. The van der Waals surface area contributed by atoms with Gasteiger partial charge in [0.05, 0.1) is 10.0 Å². The molecule has 0 aliphatic heterocycles. The minimum Gasteiger partial charge on any atom is -0.294 e. The van der Waals surface area contributed by atoms with Gasteiger partial charge in [0.1, 0.15) is 0 Å². The zero-order valence-corrected chi connectivity index (χ0v) is 10.1. The topological polar surface area (TPSA) is 17.1 Å². The summed E-state index contributed by atoms with van der Waals surface area (Å²) in [6.07, 6.45) is 7.11. The lowest BCUT2D eigenvalue weighted by Crippen LogP contribution is -2.03. The minimum absolute atomic E-state index is 0.175. The second-order valence-electron chi connectivity index (χ2n) is 3.64. The van der Waals surface area contributed by atoms with Crippen molar-refractivity contribution in [1.82, 2.24) is 0 Å². The average molecular weight is 253 g/mol. The first-order chi connectivity index (χ1) is 7.66. The van der Waals surface area contributed by atoms with Gasteiger partial charge in [0, 0.05) is 12.0 Å². The fourth-order valence-corrected chi connectivity index (χ4v) is 1.88. The number of Topliss-reactive ketones (excluding diaryl/α,β-unsaturated/α-hetero) is 1. The van der Waals surface area contributed by atoms with Crippen LogP contribution in [0.4, 0.5) is 0 Å². The van der Waals surface area contributed by atoms with Crippen molar-refractivity contribution in [2.24, 2.45) is 0 Å². The summed E-state index contributed by atoms with van der Waals surface area (Å²) in [6, 6.07) is 5.33. The Labute approximate surface area is 104 Å². The third kappa shape index (κ3) is 2.55. The zero-order valence-electron chi connectivity index (χ0n) is 8.54. The van der Waals surface area contributed by atoms with Crippen molar-refractivity contribution in [3.63, 3.8) is 0 Å². The van der Waals surface area contributed by atoms with Crippen molar-refractivity contribution in [1.29, 1.82) is 0 Å². The van der Waals surface area contributed by atoms with E-state index < -0.39 is 0 Å². The Morgan fingerprint density at radius 1 is 1.19 bits per heavy atom. The van der Waals surface area contributed by atoms with E-state index in [9.17, 15) is 4.79 Å². The molecule has 16 heavy (non-hydrogen) atoms. The molecule has 1 nitrogen and oxygen atoms in total. The predicted octanol–water partition coefficient (Wildman–Crippen LogP) is 4.30. The Kier molecular flexibility index (Phi) is 3.47. The van der Waals surface area contributed by atoms with E-state index >= 15 is 0 Å². The molecule has 2 rings (SSSR count). The summed E-state index contributed by atoms with van der Waals surface area (Å²) in [6.45, 7) is 0. The molecule has 0 heterocycles. The van der Waals surface area contributed by atoms with Gasteiger partial charge in [-0.3, -0.25) is 4.79 Å². The predicted molar refractivity (Wildman–Crippen MR) is 67.8 cm³/mol. The van der Waals surface area contributed by atoms with E-state index in [4.69, 9.17) is 23.2 Å². The average Bonchev–Trinajstić information content (AvgIpc) is 2.27. The quantitative estimate of drug-likeness (QED) is 0.682. The molecule has 0 N–H and O–H groups in total. The number of hydrogen-bond donors (Lipinski definition) is 0. The number of benzene rings is 1. The number of rotatable bonds is 1. The van der Waals surface area contributed by atoms with Crippen LogP contribution in [0.5, 0.6) is 0 Å². The first kappa shape index (κ1) is 11.4. The van der Waals surface area contributed by atoms with Gasteiger partial charge in [-0.15, -0.1) is 0 Å². The van der Waals surface area contributed by atoms with Crippen molar-refractivity contribution in [2.45, 2.75) is 12.8 Å². The van der Waals surface area contributed by atoms with Crippen molar-refractivity contribution in [2.75, 3.05) is 0 Å². The van der Waals surface area contributed by atoms with Crippen LogP contribution in [0.3, 0.4) is 0 Å². The summed E-state index contributed by atoms with van der Waals surface area (Å²) in [5.41, 5.74) is 1.62. The van der Waals surface area contributed by atoms with Crippen molar-refractivity contribution in [3.05, 3.63) is 51.5 Å². The number of carbonyl (C=O) groups is 1. The molecule has 0 radical (unpaired) electrons. The molecule has 0 fully saturated rings. The molecule has 1 aliphatic rings. The summed E-state index contributed by atoms with van der Waals surface area (Å²) in [4.78, 5) is 11.6. The number of hydrogen-bond acceptors (Lipinski definition) is 1. The van der Waals surface area contributed by atoms with Crippen LogP contribution < -0.4 is 0 Å². The molecular formula is C13H10Cl2O. The smallest absolute Gasteiger partial charge is 0.163 e. The largest absolute Gasteiger partial charge is 0.294 e. The van der Waals surface area contributed by atoms with Crippen LogP contribution >= 0.6 is 23.2 Å². The highest BCUT2D eigenvalue weighted by molar-refractivity contribution is 6.42. The van der Waals surface area contributed by atoms with Crippen LogP contribution in [-0.2, 0) is 4.79 Å². The lowest BCUT2D eigenvalue weighted by Gasteiger charge is -2.06. The summed E-state index contributed by atoms with van der Waals surface area (Å²) in [5, 5.41) is 1.03. The summed E-state index contributed by atoms with van der Waals surface area (Å²) in [5.74, 6) is 0.175. The van der Waals surface area contributed by atoms with Crippen LogP contribution in [0.25, 0.3) is 6.08 Å². The third-order valence-electron chi connectivity index (χ3n) is 2.42. The highest BCUT2D eigenvalue weighted by Crippen LogP contribution is 2.24. The van der Waals surface area contributed by atoms with E-state index in [0.29, 0.717) is 16.5 Å². The first-order valence-corrected chi connectivity index (χ1v) is 5.79. The maximum atomic E-state index is 11.6. The van der Waals surface area contributed by atoms with Crippen molar-refractivity contribution in [3.8, 4) is 0 Å². The number of ketones is 1. The van der Waals surface area contributed by atoms with Crippen LogP contribution in [0.1, 0.15) is 18.4 Å². The fourth-order valence-electron chi connectivity index (χ4n) is 1.57. The van der Waals surface area contributed by atoms with E-state index in [0.717, 1.165) is 17.6 Å². The molecule has 0 unspecified atom stereocenters. The van der Waals surface area contributed by atoms with Crippen LogP contribution in [-0.4, -0.2) is 5.78 Å². The van der Waals surface area contributed by atoms with E-state index in [1.165, 1.54) is 0 Å². The summed E-state index contributed by atoms with van der Waals surface area (Å²) in [7, 11) is 0.